The first-order chi connectivity index (χ1) is 15.7. The molecule has 0 atom stereocenters. The second-order valence-corrected chi connectivity index (χ2v) is 9.36. The van der Waals surface area contributed by atoms with Gasteiger partial charge in [-0.3, -0.25) is 0 Å². The molecule has 0 aliphatic rings. The molecular weight excluding hydrogens is 388 g/mol. The minimum absolute atomic E-state index is 1.16. The molecule has 2 heterocycles. The van der Waals surface area contributed by atoms with Crippen molar-refractivity contribution in [2.24, 2.45) is 14.1 Å². The Morgan fingerprint density at radius 1 is 0.594 bits per heavy atom. The summed E-state index contributed by atoms with van der Waals surface area (Å²) in [6.07, 6.45) is 8.54. The van der Waals surface area contributed by atoms with Gasteiger partial charge in [-0.25, -0.2) is 0 Å². The van der Waals surface area contributed by atoms with Crippen molar-refractivity contribution in [2.75, 3.05) is 0 Å². The highest BCUT2D eigenvalue weighted by Gasteiger charge is 2.13. The fourth-order valence-corrected chi connectivity index (χ4v) is 5.72. The summed E-state index contributed by atoms with van der Waals surface area (Å²) < 4.78 is 4.67. The number of fused-ring (bicyclic) bond motifs is 9. The van der Waals surface area contributed by atoms with E-state index in [-0.39, 0.29) is 0 Å². The zero-order chi connectivity index (χ0) is 21.8. The van der Waals surface area contributed by atoms with Crippen LogP contribution >= 0.6 is 0 Å². The summed E-state index contributed by atoms with van der Waals surface area (Å²) >= 11 is 0. The fraction of sp³-hybridized carbons (Fsp3) is 0.267. The van der Waals surface area contributed by atoms with Crippen molar-refractivity contribution in [3.63, 3.8) is 0 Å². The first-order valence-corrected chi connectivity index (χ1v) is 12.0. The molecule has 2 heteroatoms. The van der Waals surface area contributed by atoms with Crippen LogP contribution < -0.4 is 0 Å². The van der Waals surface area contributed by atoms with Crippen LogP contribution in [0.3, 0.4) is 0 Å². The molecule has 0 saturated heterocycles. The van der Waals surface area contributed by atoms with Crippen LogP contribution in [0.1, 0.15) is 38.3 Å². The molecule has 6 rings (SSSR count). The largest absolute Gasteiger partial charge is 0.350 e. The zero-order valence-corrected chi connectivity index (χ0v) is 19.3. The van der Waals surface area contributed by atoms with Crippen molar-refractivity contribution in [1.82, 2.24) is 9.13 Å². The van der Waals surface area contributed by atoms with E-state index in [0.717, 1.165) is 6.42 Å². The molecule has 0 aliphatic heterocycles. The van der Waals surface area contributed by atoms with Gasteiger partial charge in [0.05, 0.1) is 11.0 Å². The Kier molecular flexibility index (Phi) is 4.50. The van der Waals surface area contributed by atoms with E-state index in [9.17, 15) is 0 Å². The molecule has 0 bridgehead atoms. The third-order valence-electron chi connectivity index (χ3n) is 7.41. The SMILES string of the molecule is CCCCCCc1cc2ccc3c4ccc5c(ccc6ccn(C)c65)c4ccc3c2n1C. The summed E-state index contributed by atoms with van der Waals surface area (Å²) in [5.74, 6) is 0. The van der Waals surface area contributed by atoms with E-state index in [0.29, 0.717) is 0 Å². The Hall–Kier alpha value is -3.26. The Morgan fingerprint density at radius 3 is 1.91 bits per heavy atom. The normalized spacial score (nSPS) is 12.2. The van der Waals surface area contributed by atoms with Gasteiger partial charge in [-0.1, -0.05) is 74.7 Å². The standard InChI is InChI=1S/C30H30N2/c1-4-5-6-7-8-22-19-21-10-12-26-24-13-15-27-25(11-9-20-17-18-31(2)29(20)27)23(24)14-16-28(26)30(21)32(22)3/h9-19H,4-8H2,1-3H3. The monoisotopic (exact) mass is 418 g/mol. The smallest absolute Gasteiger partial charge is 0.0559 e. The van der Waals surface area contributed by atoms with Crippen LogP contribution in [0.5, 0.6) is 0 Å². The van der Waals surface area contributed by atoms with Crippen LogP contribution in [0.4, 0.5) is 0 Å². The molecule has 0 radical (unpaired) electrons. The molecule has 4 aromatic carbocycles. The third-order valence-corrected chi connectivity index (χ3v) is 7.41. The summed E-state index contributed by atoms with van der Waals surface area (Å²) in [7, 11) is 4.38. The number of benzene rings is 4. The summed E-state index contributed by atoms with van der Waals surface area (Å²) in [5.41, 5.74) is 4.14. The number of aryl methyl sites for hydroxylation is 3. The summed E-state index contributed by atoms with van der Waals surface area (Å²) in [5, 5.41) is 10.7. The quantitative estimate of drug-likeness (QED) is 0.197. The Balaban J connectivity index is 1.57. The van der Waals surface area contributed by atoms with E-state index in [1.807, 2.05) is 0 Å². The number of aromatic nitrogens is 2. The lowest BCUT2D eigenvalue weighted by Crippen LogP contribution is -1.96. The van der Waals surface area contributed by atoms with Gasteiger partial charge in [-0.15, -0.1) is 0 Å². The predicted octanol–water partition coefficient (Wildman–Crippen LogP) is 8.25. The van der Waals surface area contributed by atoms with Gasteiger partial charge >= 0.3 is 0 Å². The summed E-state index contributed by atoms with van der Waals surface area (Å²) in [6.45, 7) is 2.28. The lowest BCUT2D eigenvalue weighted by Gasteiger charge is -2.11. The second kappa shape index (κ2) is 7.41. The molecule has 160 valence electrons. The average Bonchev–Trinajstić information content (AvgIpc) is 3.36. The van der Waals surface area contributed by atoms with Crippen LogP contribution in [0.15, 0.2) is 66.9 Å². The fourth-order valence-electron chi connectivity index (χ4n) is 5.72. The minimum Gasteiger partial charge on any atom is -0.350 e. The molecule has 32 heavy (non-hydrogen) atoms. The highest BCUT2D eigenvalue weighted by Crippen LogP contribution is 2.37. The lowest BCUT2D eigenvalue weighted by molar-refractivity contribution is 0.651. The van der Waals surface area contributed by atoms with Crippen molar-refractivity contribution in [1.29, 1.82) is 0 Å². The van der Waals surface area contributed by atoms with Crippen LogP contribution in [-0.2, 0) is 20.5 Å². The van der Waals surface area contributed by atoms with Crippen LogP contribution in [-0.4, -0.2) is 9.13 Å². The topological polar surface area (TPSA) is 9.86 Å². The van der Waals surface area contributed by atoms with Gasteiger partial charge in [0.15, 0.2) is 0 Å². The maximum atomic E-state index is 2.43. The van der Waals surface area contributed by atoms with Crippen LogP contribution in [0.2, 0.25) is 0 Å². The first kappa shape index (κ1) is 19.4. The van der Waals surface area contributed by atoms with E-state index < -0.39 is 0 Å². The molecule has 0 unspecified atom stereocenters. The lowest BCUT2D eigenvalue weighted by atomic mass is 9.95. The third kappa shape index (κ3) is 2.79. The van der Waals surface area contributed by atoms with E-state index in [1.54, 1.807) is 0 Å². The predicted molar refractivity (Wildman–Crippen MR) is 140 cm³/mol. The van der Waals surface area contributed by atoms with E-state index in [4.69, 9.17) is 0 Å². The van der Waals surface area contributed by atoms with Crippen molar-refractivity contribution >= 4 is 54.1 Å². The molecule has 2 aromatic heterocycles. The number of hydrogen-bond acceptors (Lipinski definition) is 0. The van der Waals surface area contributed by atoms with Crippen molar-refractivity contribution in [2.45, 2.75) is 39.0 Å². The summed E-state index contributed by atoms with van der Waals surface area (Å²) in [6, 6.07) is 23.1. The van der Waals surface area contributed by atoms with E-state index in [2.05, 4.69) is 97.0 Å². The molecule has 6 aromatic rings. The second-order valence-electron chi connectivity index (χ2n) is 9.36. The number of unbranched alkanes of at least 4 members (excludes halogenated alkanes) is 3. The first-order valence-electron chi connectivity index (χ1n) is 12.0. The highest BCUT2D eigenvalue weighted by atomic mass is 14.9. The van der Waals surface area contributed by atoms with Gasteiger partial charge in [0.25, 0.3) is 0 Å². The van der Waals surface area contributed by atoms with Gasteiger partial charge in [-0.05, 0) is 46.5 Å². The van der Waals surface area contributed by atoms with E-state index in [1.165, 1.54) is 85.5 Å². The molecule has 0 aliphatic carbocycles. The Morgan fingerprint density at radius 2 is 1.19 bits per heavy atom. The van der Waals surface area contributed by atoms with Crippen molar-refractivity contribution < 1.29 is 0 Å². The van der Waals surface area contributed by atoms with Crippen molar-refractivity contribution in [3.8, 4) is 0 Å². The van der Waals surface area contributed by atoms with Crippen LogP contribution in [0.25, 0.3) is 54.1 Å². The van der Waals surface area contributed by atoms with Gasteiger partial charge in [0.1, 0.15) is 0 Å². The molecule has 2 nitrogen and oxygen atoms in total. The molecule has 0 spiro atoms. The molecule has 0 fully saturated rings. The van der Waals surface area contributed by atoms with Gasteiger partial charge in [-0.2, -0.15) is 0 Å². The maximum Gasteiger partial charge on any atom is 0.0559 e. The molecular formula is C30H30N2. The zero-order valence-electron chi connectivity index (χ0n) is 19.3. The highest BCUT2D eigenvalue weighted by molar-refractivity contribution is 6.24. The Labute approximate surface area is 189 Å². The maximum absolute atomic E-state index is 2.43. The van der Waals surface area contributed by atoms with Crippen molar-refractivity contribution in [3.05, 3.63) is 72.6 Å². The van der Waals surface area contributed by atoms with Gasteiger partial charge < -0.3 is 9.13 Å². The summed E-state index contributed by atoms with van der Waals surface area (Å²) in [4.78, 5) is 0. The average molecular weight is 419 g/mol. The number of hydrogen-bond donors (Lipinski definition) is 0. The van der Waals surface area contributed by atoms with Gasteiger partial charge in [0.2, 0.25) is 0 Å². The van der Waals surface area contributed by atoms with E-state index >= 15 is 0 Å². The van der Waals surface area contributed by atoms with Gasteiger partial charge in [0, 0.05) is 47.5 Å². The number of nitrogens with zero attached hydrogens (tertiary/aromatic N) is 2. The van der Waals surface area contributed by atoms with Crippen LogP contribution in [0, 0.1) is 0 Å². The minimum atomic E-state index is 1.16. The molecule has 0 saturated carbocycles. The Bertz CT molecular complexity index is 1630. The molecule has 0 N–H and O–H groups in total. The number of rotatable bonds is 5. The molecule has 0 amide bonds.